The summed E-state index contributed by atoms with van der Waals surface area (Å²) < 4.78 is 1.80. The van der Waals surface area contributed by atoms with E-state index in [1.165, 1.54) is 0 Å². The molecular weight excluding hydrogens is 186 g/mol. The van der Waals surface area contributed by atoms with E-state index < -0.39 is 0 Å². The van der Waals surface area contributed by atoms with Gasteiger partial charge in [-0.25, -0.2) is 0 Å². The molecule has 0 aliphatic heterocycles. The summed E-state index contributed by atoms with van der Waals surface area (Å²) in [4.78, 5) is 0. The van der Waals surface area contributed by atoms with Gasteiger partial charge >= 0.3 is 0 Å². The predicted octanol–water partition coefficient (Wildman–Crippen LogP) is 1.42. The zero-order valence-electron chi connectivity index (χ0n) is 10.1. The maximum atomic E-state index is 5.61. The Morgan fingerprint density at radius 1 is 1.47 bits per heavy atom. The van der Waals surface area contributed by atoms with Gasteiger partial charge in [0.2, 0.25) is 0 Å². The lowest BCUT2D eigenvalue weighted by atomic mass is 9.90. The molecule has 0 aliphatic rings. The molecule has 0 fully saturated rings. The molecule has 1 atom stereocenters. The fourth-order valence-electron chi connectivity index (χ4n) is 1.33. The highest BCUT2D eigenvalue weighted by molar-refractivity contribution is 5.40. The van der Waals surface area contributed by atoms with Crippen molar-refractivity contribution in [2.45, 2.75) is 39.2 Å². The van der Waals surface area contributed by atoms with Crippen LogP contribution in [0.25, 0.3) is 0 Å². The molecule has 3 heteroatoms. The van der Waals surface area contributed by atoms with Crippen LogP contribution in [0.15, 0.2) is 6.20 Å². The summed E-state index contributed by atoms with van der Waals surface area (Å²) >= 11 is 0. The first-order chi connectivity index (χ1) is 6.80. The van der Waals surface area contributed by atoms with Gasteiger partial charge in [0.05, 0.1) is 17.3 Å². The molecule has 0 aliphatic carbocycles. The van der Waals surface area contributed by atoms with Crippen molar-refractivity contribution in [2.24, 2.45) is 12.8 Å². The molecular formula is C12H19N3. The largest absolute Gasteiger partial charge is 0.318 e. The van der Waals surface area contributed by atoms with Gasteiger partial charge in [-0.15, -0.1) is 0 Å². The fourth-order valence-corrected chi connectivity index (χ4v) is 1.33. The summed E-state index contributed by atoms with van der Waals surface area (Å²) in [6.45, 7) is 8.27. The van der Waals surface area contributed by atoms with Crippen LogP contribution in [0.1, 0.15) is 39.0 Å². The average Bonchev–Trinajstić information content (AvgIpc) is 2.42. The van der Waals surface area contributed by atoms with Gasteiger partial charge in [0.15, 0.2) is 0 Å². The number of aryl methyl sites for hydroxylation is 1. The molecule has 1 unspecified atom stereocenters. The highest BCUT2D eigenvalue weighted by Crippen LogP contribution is 2.23. The molecule has 1 aromatic heterocycles. The first-order valence-electron chi connectivity index (χ1n) is 5.12. The van der Waals surface area contributed by atoms with Gasteiger partial charge in [0.25, 0.3) is 0 Å². The molecule has 0 amide bonds. The van der Waals surface area contributed by atoms with E-state index in [9.17, 15) is 0 Å². The van der Waals surface area contributed by atoms with E-state index in [0.29, 0.717) is 0 Å². The van der Waals surface area contributed by atoms with E-state index in [0.717, 1.165) is 11.3 Å². The number of aromatic nitrogens is 2. The average molecular weight is 205 g/mol. The summed E-state index contributed by atoms with van der Waals surface area (Å²) in [5.74, 6) is 6.04. The van der Waals surface area contributed by atoms with E-state index in [-0.39, 0.29) is 11.5 Å². The summed E-state index contributed by atoms with van der Waals surface area (Å²) in [5.41, 5.74) is 7.62. The van der Waals surface area contributed by atoms with Crippen molar-refractivity contribution in [2.75, 3.05) is 0 Å². The first kappa shape index (κ1) is 11.8. The van der Waals surface area contributed by atoms with Crippen LogP contribution >= 0.6 is 0 Å². The van der Waals surface area contributed by atoms with Crippen LogP contribution in [-0.4, -0.2) is 15.8 Å². The monoisotopic (exact) mass is 205 g/mol. The van der Waals surface area contributed by atoms with Crippen LogP contribution in [0, 0.1) is 11.8 Å². The second-order valence-electron chi connectivity index (χ2n) is 4.87. The van der Waals surface area contributed by atoms with Crippen molar-refractivity contribution in [3.8, 4) is 11.8 Å². The lowest BCUT2D eigenvalue weighted by molar-refractivity contribution is 0.552. The van der Waals surface area contributed by atoms with Gasteiger partial charge in [0.1, 0.15) is 0 Å². The highest BCUT2D eigenvalue weighted by atomic mass is 15.3. The third-order valence-corrected chi connectivity index (χ3v) is 1.97. The molecule has 1 aromatic rings. The summed E-state index contributed by atoms with van der Waals surface area (Å²) in [6.07, 6.45) is 1.94. The number of nitrogens with two attached hydrogens (primary N) is 1. The third kappa shape index (κ3) is 3.10. The Balaban J connectivity index is 3.15. The molecule has 0 aromatic carbocycles. The van der Waals surface area contributed by atoms with E-state index in [4.69, 9.17) is 5.73 Å². The number of rotatable bonds is 0. The van der Waals surface area contributed by atoms with Crippen molar-refractivity contribution in [1.29, 1.82) is 0 Å². The van der Waals surface area contributed by atoms with Crippen LogP contribution < -0.4 is 5.73 Å². The van der Waals surface area contributed by atoms with E-state index in [1.54, 1.807) is 4.68 Å². The number of hydrogen-bond acceptors (Lipinski definition) is 2. The Hall–Kier alpha value is -1.27. The fraction of sp³-hybridized carbons (Fsp3) is 0.583. The molecule has 2 N–H and O–H groups in total. The van der Waals surface area contributed by atoms with Crippen LogP contribution in [0.2, 0.25) is 0 Å². The molecule has 1 rings (SSSR count). The molecule has 3 nitrogen and oxygen atoms in total. The molecule has 0 radical (unpaired) electrons. The van der Waals surface area contributed by atoms with Crippen molar-refractivity contribution in [3.05, 3.63) is 17.5 Å². The Labute approximate surface area is 91.7 Å². The van der Waals surface area contributed by atoms with Gasteiger partial charge in [-0.3, -0.25) is 4.68 Å². The van der Waals surface area contributed by atoms with Crippen molar-refractivity contribution >= 4 is 0 Å². The molecule has 0 saturated carbocycles. The minimum Gasteiger partial charge on any atom is -0.318 e. The minimum atomic E-state index is -0.0991. The maximum absolute atomic E-state index is 5.61. The Kier molecular flexibility index (Phi) is 3.21. The highest BCUT2D eigenvalue weighted by Gasteiger charge is 2.20. The van der Waals surface area contributed by atoms with Crippen LogP contribution in [-0.2, 0) is 12.5 Å². The first-order valence-corrected chi connectivity index (χ1v) is 5.12. The summed E-state index contributed by atoms with van der Waals surface area (Å²) in [6, 6.07) is -0.0991. The second kappa shape index (κ2) is 4.08. The summed E-state index contributed by atoms with van der Waals surface area (Å²) in [7, 11) is 1.91. The van der Waals surface area contributed by atoms with Crippen molar-refractivity contribution < 1.29 is 0 Å². The zero-order valence-corrected chi connectivity index (χ0v) is 10.1. The lowest BCUT2D eigenvalue weighted by Gasteiger charge is -2.15. The number of nitrogens with zero attached hydrogens (tertiary/aromatic N) is 2. The predicted molar refractivity (Wildman–Crippen MR) is 62.4 cm³/mol. The van der Waals surface area contributed by atoms with E-state index >= 15 is 0 Å². The Bertz CT molecular complexity index is 397. The van der Waals surface area contributed by atoms with E-state index in [2.05, 4.69) is 37.7 Å². The van der Waals surface area contributed by atoms with Gasteiger partial charge in [-0.2, -0.15) is 5.10 Å². The zero-order chi connectivity index (χ0) is 11.6. The van der Waals surface area contributed by atoms with Crippen LogP contribution in [0.3, 0.4) is 0 Å². The van der Waals surface area contributed by atoms with Gasteiger partial charge in [-0.1, -0.05) is 32.6 Å². The van der Waals surface area contributed by atoms with Crippen LogP contribution in [0.4, 0.5) is 0 Å². The SMILES string of the molecule is CC(N)C#Cc1cn(C)nc1C(C)(C)C. The topological polar surface area (TPSA) is 43.8 Å². The lowest BCUT2D eigenvalue weighted by Crippen LogP contribution is -2.14. The van der Waals surface area contributed by atoms with E-state index in [1.807, 2.05) is 20.2 Å². The van der Waals surface area contributed by atoms with Gasteiger partial charge in [-0.05, 0) is 6.92 Å². The Morgan fingerprint density at radius 2 is 2.07 bits per heavy atom. The molecule has 0 spiro atoms. The van der Waals surface area contributed by atoms with Gasteiger partial charge < -0.3 is 5.73 Å². The molecule has 15 heavy (non-hydrogen) atoms. The smallest absolute Gasteiger partial charge is 0.0834 e. The maximum Gasteiger partial charge on any atom is 0.0834 e. The van der Waals surface area contributed by atoms with Crippen molar-refractivity contribution in [1.82, 2.24) is 9.78 Å². The molecule has 82 valence electrons. The minimum absolute atomic E-state index is 0.0170. The Morgan fingerprint density at radius 3 is 2.53 bits per heavy atom. The number of hydrogen-bond donors (Lipinski definition) is 1. The standard InChI is InChI=1S/C12H19N3/c1-9(13)6-7-10-8-15(5)14-11(10)12(2,3)4/h8-9H,13H2,1-5H3. The van der Waals surface area contributed by atoms with Crippen LogP contribution in [0.5, 0.6) is 0 Å². The normalized spacial score (nSPS) is 13.2. The van der Waals surface area contributed by atoms with Crippen molar-refractivity contribution in [3.63, 3.8) is 0 Å². The summed E-state index contributed by atoms with van der Waals surface area (Å²) in [5, 5.41) is 4.43. The molecule has 1 heterocycles. The molecule has 0 saturated heterocycles. The second-order valence-corrected chi connectivity index (χ2v) is 4.87. The quantitative estimate of drug-likeness (QED) is 0.651. The van der Waals surface area contributed by atoms with Gasteiger partial charge in [0, 0.05) is 18.7 Å². The third-order valence-electron chi connectivity index (χ3n) is 1.97. The molecule has 0 bridgehead atoms.